The molecule has 27 heavy (non-hydrogen) atoms. The van der Waals surface area contributed by atoms with Gasteiger partial charge in [0, 0.05) is 32.3 Å². The van der Waals surface area contributed by atoms with Crippen LogP contribution in [0, 0.1) is 0 Å². The van der Waals surface area contributed by atoms with Crippen LogP contribution in [0.25, 0.3) is 0 Å². The van der Waals surface area contributed by atoms with Crippen molar-refractivity contribution in [2.75, 3.05) is 33.4 Å². The van der Waals surface area contributed by atoms with Crippen molar-refractivity contribution in [2.24, 2.45) is 0 Å². The van der Waals surface area contributed by atoms with Crippen LogP contribution in [0.1, 0.15) is 31.5 Å². The van der Waals surface area contributed by atoms with E-state index in [0.29, 0.717) is 30.6 Å². The summed E-state index contributed by atoms with van der Waals surface area (Å²) >= 11 is 0. The number of aldehydes is 1. The van der Waals surface area contributed by atoms with E-state index in [9.17, 15) is 4.79 Å². The molecule has 1 aromatic heterocycles. The molecule has 1 atom stereocenters. The van der Waals surface area contributed by atoms with Gasteiger partial charge in [0.25, 0.3) is 5.88 Å². The third kappa shape index (κ3) is 5.01. The first kappa shape index (κ1) is 19.2. The SMILES string of the molecule is CN/C=C\C(=C/C=O)OC1CCN(C(C)c2ccc3c(n2)OCCO3)CC1. The second kappa shape index (κ2) is 9.41. The Hall–Kier alpha value is -2.54. The number of aromatic nitrogens is 1. The molecule has 7 heteroatoms. The van der Waals surface area contributed by atoms with Crippen molar-refractivity contribution >= 4 is 6.29 Å². The van der Waals surface area contributed by atoms with Crippen LogP contribution in [0.4, 0.5) is 0 Å². The maximum absolute atomic E-state index is 10.8. The number of pyridine rings is 1. The Bertz CT molecular complexity index is 696. The van der Waals surface area contributed by atoms with Gasteiger partial charge in [-0.2, -0.15) is 0 Å². The van der Waals surface area contributed by atoms with Crippen LogP contribution in [0.5, 0.6) is 11.6 Å². The second-order valence-electron chi connectivity index (χ2n) is 6.59. The van der Waals surface area contributed by atoms with E-state index in [-0.39, 0.29) is 12.1 Å². The molecule has 146 valence electrons. The van der Waals surface area contributed by atoms with Crippen molar-refractivity contribution in [3.8, 4) is 11.6 Å². The summed E-state index contributed by atoms with van der Waals surface area (Å²) in [6, 6.07) is 4.14. The predicted molar refractivity (Wildman–Crippen MR) is 102 cm³/mol. The van der Waals surface area contributed by atoms with Gasteiger partial charge in [-0.05, 0) is 44.2 Å². The van der Waals surface area contributed by atoms with Gasteiger partial charge in [-0.1, -0.05) is 0 Å². The van der Waals surface area contributed by atoms with Gasteiger partial charge in [0.1, 0.15) is 31.4 Å². The van der Waals surface area contributed by atoms with Crippen LogP contribution >= 0.6 is 0 Å². The number of hydrogen-bond acceptors (Lipinski definition) is 7. The van der Waals surface area contributed by atoms with Crippen LogP contribution in [0.2, 0.25) is 0 Å². The Labute approximate surface area is 160 Å². The zero-order chi connectivity index (χ0) is 19.1. The van der Waals surface area contributed by atoms with Crippen molar-refractivity contribution in [3.63, 3.8) is 0 Å². The fourth-order valence-corrected chi connectivity index (χ4v) is 3.30. The Balaban J connectivity index is 1.56. The van der Waals surface area contributed by atoms with Crippen LogP contribution < -0.4 is 14.8 Å². The number of ether oxygens (including phenoxy) is 3. The first-order chi connectivity index (χ1) is 13.2. The van der Waals surface area contributed by atoms with Crippen LogP contribution in [-0.2, 0) is 9.53 Å². The van der Waals surface area contributed by atoms with Gasteiger partial charge >= 0.3 is 0 Å². The summed E-state index contributed by atoms with van der Waals surface area (Å²) in [5.41, 5.74) is 0.983. The van der Waals surface area contributed by atoms with E-state index in [1.807, 2.05) is 12.1 Å². The normalized spacial score (nSPS) is 19.7. The summed E-state index contributed by atoms with van der Waals surface area (Å²) in [7, 11) is 1.81. The number of carbonyl (C=O) groups excluding carboxylic acids is 1. The maximum atomic E-state index is 10.8. The lowest BCUT2D eigenvalue weighted by Gasteiger charge is -2.36. The zero-order valence-electron chi connectivity index (χ0n) is 15.9. The van der Waals surface area contributed by atoms with Crippen molar-refractivity contribution in [1.82, 2.24) is 15.2 Å². The third-order valence-electron chi connectivity index (χ3n) is 4.83. The maximum Gasteiger partial charge on any atom is 0.257 e. The van der Waals surface area contributed by atoms with Gasteiger partial charge in [-0.15, -0.1) is 0 Å². The monoisotopic (exact) mass is 373 g/mol. The highest BCUT2D eigenvalue weighted by Crippen LogP contribution is 2.32. The van der Waals surface area contributed by atoms with Gasteiger partial charge in [0.15, 0.2) is 5.75 Å². The fraction of sp³-hybridized carbons (Fsp3) is 0.500. The molecular weight excluding hydrogens is 346 g/mol. The smallest absolute Gasteiger partial charge is 0.257 e. The lowest BCUT2D eigenvalue weighted by atomic mass is 10.0. The van der Waals surface area contributed by atoms with Gasteiger partial charge in [-0.25, -0.2) is 4.98 Å². The highest BCUT2D eigenvalue weighted by atomic mass is 16.6. The molecule has 1 aromatic rings. The second-order valence-corrected chi connectivity index (χ2v) is 6.59. The standard InChI is InChI=1S/C20H27N3O4/c1-15(18-3-4-19-20(22-18)26-14-13-25-19)23-10-6-17(7-11-23)27-16(8-12-24)5-9-21-2/h3-5,8-9,12,15,17,21H,6-7,10-11,13-14H2,1-2H3/b9-5-,16-8+. The first-order valence-electron chi connectivity index (χ1n) is 9.37. The fourth-order valence-electron chi connectivity index (χ4n) is 3.30. The van der Waals surface area contributed by atoms with Crippen molar-refractivity contribution in [1.29, 1.82) is 0 Å². The van der Waals surface area contributed by atoms with E-state index in [4.69, 9.17) is 14.2 Å². The third-order valence-corrected chi connectivity index (χ3v) is 4.83. The summed E-state index contributed by atoms with van der Waals surface area (Å²) in [5, 5.41) is 2.90. The number of piperidine rings is 1. The van der Waals surface area contributed by atoms with E-state index in [2.05, 4.69) is 22.1 Å². The molecule has 0 saturated carbocycles. The van der Waals surface area contributed by atoms with E-state index in [1.165, 1.54) is 6.08 Å². The highest BCUT2D eigenvalue weighted by molar-refractivity contribution is 5.66. The molecule has 2 aliphatic rings. The Kier molecular flexibility index (Phi) is 6.70. The molecule has 7 nitrogen and oxygen atoms in total. The predicted octanol–water partition coefficient (Wildman–Crippen LogP) is 2.21. The van der Waals surface area contributed by atoms with E-state index in [0.717, 1.165) is 37.9 Å². The number of fused-ring (bicyclic) bond motifs is 1. The lowest BCUT2D eigenvalue weighted by Crippen LogP contribution is -2.38. The lowest BCUT2D eigenvalue weighted by molar-refractivity contribution is -0.104. The topological polar surface area (TPSA) is 72.9 Å². The van der Waals surface area contributed by atoms with E-state index >= 15 is 0 Å². The Morgan fingerprint density at radius 2 is 2.11 bits per heavy atom. The van der Waals surface area contributed by atoms with Gasteiger partial charge in [0.2, 0.25) is 0 Å². The van der Waals surface area contributed by atoms with Crippen molar-refractivity contribution in [2.45, 2.75) is 31.9 Å². The number of nitrogens with one attached hydrogen (secondary N) is 1. The number of rotatable bonds is 7. The van der Waals surface area contributed by atoms with E-state index < -0.39 is 0 Å². The number of hydrogen-bond donors (Lipinski definition) is 1. The van der Waals surface area contributed by atoms with Crippen LogP contribution in [0.15, 0.2) is 36.2 Å². The largest absolute Gasteiger partial charge is 0.490 e. The number of carbonyl (C=O) groups is 1. The summed E-state index contributed by atoms with van der Waals surface area (Å²) < 4.78 is 17.1. The average molecular weight is 373 g/mol. The van der Waals surface area contributed by atoms with E-state index in [1.54, 1.807) is 19.3 Å². The molecule has 1 fully saturated rings. The molecule has 0 radical (unpaired) electrons. The van der Waals surface area contributed by atoms with Crippen molar-refractivity contribution < 1.29 is 19.0 Å². The minimum Gasteiger partial charge on any atom is -0.490 e. The van der Waals surface area contributed by atoms with Gasteiger partial charge < -0.3 is 19.5 Å². The Morgan fingerprint density at radius 3 is 2.85 bits per heavy atom. The molecule has 3 rings (SSSR count). The minimum atomic E-state index is 0.106. The molecule has 1 N–H and O–H groups in total. The molecule has 0 bridgehead atoms. The number of nitrogens with zero attached hydrogens (tertiary/aromatic N) is 2. The zero-order valence-corrected chi connectivity index (χ0v) is 15.9. The molecular formula is C20H27N3O4. The Morgan fingerprint density at radius 1 is 1.33 bits per heavy atom. The minimum absolute atomic E-state index is 0.106. The molecule has 1 saturated heterocycles. The molecule has 2 aliphatic heterocycles. The molecule has 0 aromatic carbocycles. The summed E-state index contributed by atoms with van der Waals surface area (Å²) in [6.45, 7) is 5.09. The number of allylic oxidation sites excluding steroid dienone is 2. The molecule has 0 amide bonds. The average Bonchev–Trinajstić information content (AvgIpc) is 2.72. The van der Waals surface area contributed by atoms with Crippen LogP contribution in [0.3, 0.4) is 0 Å². The molecule has 1 unspecified atom stereocenters. The summed E-state index contributed by atoms with van der Waals surface area (Å²) in [6.07, 6.45) is 7.62. The first-order valence-corrected chi connectivity index (χ1v) is 9.37. The molecule has 0 aliphatic carbocycles. The van der Waals surface area contributed by atoms with Gasteiger partial charge in [-0.3, -0.25) is 9.69 Å². The highest BCUT2D eigenvalue weighted by Gasteiger charge is 2.26. The summed E-state index contributed by atoms with van der Waals surface area (Å²) in [4.78, 5) is 17.8. The summed E-state index contributed by atoms with van der Waals surface area (Å²) in [5.74, 6) is 1.89. The molecule has 3 heterocycles. The quantitative estimate of drug-likeness (QED) is 0.340. The molecule has 0 spiro atoms. The van der Waals surface area contributed by atoms with Gasteiger partial charge in [0.05, 0.1) is 5.69 Å². The van der Waals surface area contributed by atoms with Crippen molar-refractivity contribution in [3.05, 3.63) is 41.9 Å². The van der Waals surface area contributed by atoms with Crippen LogP contribution in [-0.4, -0.2) is 55.6 Å². The number of likely N-dealkylation sites (tertiary alicyclic amines) is 1.